The number of para-hydroxylation sites is 1. The molecule has 3 rings (SSSR count). The summed E-state index contributed by atoms with van der Waals surface area (Å²) in [6.45, 7) is 0. The zero-order valence-corrected chi connectivity index (χ0v) is 9.45. The summed E-state index contributed by atoms with van der Waals surface area (Å²) in [6, 6.07) is 12.3. The minimum Gasteiger partial charge on any atom is -0.506 e. The van der Waals surface area contributed by atoms with E-state index in [1.54, 1.807) is 41.2 Å². The number of carbonyl (C=O) groups excluding carboxylic acids is 1. The largest absolute Gasteiger partial charge is 0.506 e. The minimum absolute atomic E-state index is 0.168. The lowest BCUT2D eigenvalue weighted by Crippen LogP contribution is -1.97. The molecule has 0 spiro atoms. The van der Waals surface area contributed by atoms with Crippen LogP contribution in [0.3, 0.4) is 0 Å². The van der Waals surface area contributed by atoms with Crippen LogP contribution in [0.15, 0.2) is 48.7 Å². The van der Waals surface area contributed by atoms with Crippen LogP contribution in [0.5, 0.6) is 5.75 Å². The van der Waals surface area contributed by atoms with Crippen LogP contribution in [0.1, 0.15) is 10.4 Å². The fraction of sp³-hybridized carbons (Fsp3) is 0. The van der Waals surface area contributed by atoms with Crippen LogP contribution in [-0.4, -0.2) is 21.2 Å². The molecule has 0 aliphatic carbocycles. The number of aromatic nitrogens is 2. The number of aromatic hydroxyl groups is 1. The molecule has 0 saturated carbocycles. The van der Waals surface area contributed by atoms with E-state index >= 15 is 0 Å². The van der Waals surface area contributed by atoms with E-state index in [1.807, 2.05) is 12.1 Å². The van der Waals surface area contributed by atoms with Gasteiger partial charge in [0, 0.05) is 10.9 Å². The number of benzene rings is 2. The molecule has 3 aromatic rings. The van der Waals surface area contributed by atoms with Crippen LogP contribution in [0.25, 0.3) is 16.6 Å². The van der Waals surface area contributed by atoms with Crippen LogP contribution in [0.4, 0.5) is 0 Å². The van der Waals surface area contributed by atoms with Crippen LogP contribution in [-0.2, 0) is 0 Å². The fourth-order valence-electron chi connectivity index (χ4n) is 1.99. The van der Waals surface area contributed by atoms with E-state index in [4.69, 9.17) is 0 Å². The summed E-state index contributed by atoms with van der Waals surface area (Å²) in [5.41, 5.74) is 1.96. The normalized spacial score (nSPS) is 10.7. The molecule has 0 bridgehead atoms. The van der Waals surface area contributed by atoms with Crippen molar-refractivity contribution in [1.29, 1.82) is 0 Å². The summed E-state index contributed by atoms with van der Waals surface area (Å²) in [5, 5.41) is 15.0. The Morgan fingerprint density at radius 2 is 2.00 bits per heavy atom. The van der Waals surface area contributed by atoms with E-state index in [1.165, 1.54) is 0 Å². The second-order valence-corrected chi connectivity index (χ2v) is 3.98. The molecule has 0 saturated heterocycles. The molecule has 2 aromatic carbocycles. The third-order valence-corrected chi connectivity index (χ3v) is 2.82. The predicted octanol–water partition coefficient (Wildman–Crippen LogP) is 2.54. The standard InChI is InChI=1S/C14H10N2O2/c17-9-10-3-1-5-12(7-10)16-14-11(8-15-16)4-2-6-13(14)18/h1-9,18H. The molecule has 4 nitrogen and oxygen atoms in total. The van der Waals surface area contributed by atoms with Gasteiger partial charge in [0.2, 0.25) is 0 Å². The van der Waals surface area contributed by atoms with Crippen molar-refractivity contribution in [2.45, 2.75) is 0 Å². The van der Waals surface area contributed by atoms with E-state index in [9.17, 15) is 9.90 Å². The van der Waals surface area contributed by atoms with E-state index in [0.717, 1.165) is 17.4 Å². The van der Waals surface area contributed by atoms with Crippen molar-refractivity contribution in [1.82, 2.24) is 9.78 Å². The molecular weight excluding hydrogens is 228 g/mol. The molecule has 0 fully saturated rings. The molecule has 0 unspecified atom stereocenters. The second kappa shape index (κ2) is 4.00. The second-order valence-electron chi connectivity index (χ2n) is 3.98. The number of phenolic OH excluding ortho intramolecular Hbond substituents is 1. The van der Waals surface area contributed by atoms with Gasteiger partial charge in [0.15, 0.2) is 0 Å². The Labute approximate surface area is 103 Å². The number of rotatable bonds is 2. The maximum Gasteiger partial charge on any atom is 0.150 e. The topological polar surface area (TPSA) is 55.1 Å². The van der Waals surface area contributed by atoms with E-state index < -0.39 is 0 Å². The lowest BCUT2D eigenvalue weighted by Gasteiger charge is -2.05. The van der Waals surface area contributed by atoms with Gasteiger partial charge in [-0.05, 0) is 18.2 Å². The SMILES string of the molecule is O=Cc1cccc(-n2ncc3cccc(O)c32)c1. The minimum atomic E-state index is 0.168. The summed E-state index contributed by atoms with van der Waals surface area (Å²) >= 11 is 0. The number of nitrogens with zero attached hydrogens (tertiary/aromatic N) is 2. The van der Waals surface area contributed by atoms with Gasteiger partial charge >= 0.3 is 0 Å². The van der Waals surface area contributed by atoms with Crippen LogP contribution < -0.4 is 0 Å². The highest BCUT2D eigenvalue weighted by Crippen LogP contribution is 2.26. The third-order valence-electron chi connectivity index (χ3n) is 2.82. The number of hydrogen-bond donors (Lipinski definition) is 1. The van der Waals surface area contributed by atoms with Gasteiger partial charge in [-0.1, -0.05) is 24.3 Å². The van der Waals surface area contributed by atoms with Crippen LogP contribution >= 0.6 is 0 Å². The van der Waals surface area contributed by atoms with Crippen molar-refractivity contribution in [3.63, 3.8) is 0 Å². The van der Waals surface area contributed by atoms with Gasteiger partial charge in [0.05, 0.1) is 11.9 Å². The predicted molar refractivity (Wildman–Crippen MR) is 68.1 cm³/mol. The van der Waals surface area contributed by atoms with Gasteiger partial charge in [-0.25, -0.2) is 4.68 Å². The molecule has 0 aliphatic heterocycles. The summed E-state index contributed by atoms with van der Waals surface area (Å²) in [4.78, 5) is 10.8. The molecule has 4 heteroatoms. The first kappa shape index (κ1) is 10.5. The van der Waals surface area contributed by atoms with Gasteiger partial charge in [-0.15, -0.1) is 0 Å². The molecule has 0 amide bonds. The maximum atomic E-state index is 10.8. The van der Waals surface area contributed by atoms with Crippen molar-refractivity contribution in [2.75, 3.05) is 0 Å². The first-order valence-corrected chi connectivity index (χ1v) is 5.51. The highest BCUT2D eigenvalue weighted by atomic mass is 16.3. The Hall–Kier alpha value is -2.62. The van der Waals surface area contributed by atoms with Gasteiger partial charge < -0.3 is 5.11 Å². The van der Waals surface area contributed by atoms with Gasteiger partial charge in [-0.2, -0.15) is 5.10 Å². The van der Waals surface area contributed by atoms with Crippen LogP contribution in [0, 0.1) is 0 Å². The third kappa shape index (κ3) is 1.55. The zero-order valence-electron chi connectivity index (χ0n) is 9.45. The summed E-state index contributed by atoms with van der Waals surface area (Å²) in [7, 11) is 0. The first-order chi connectivity index (χ1) is 8.79. The number of aldehydes is 1. The first-order valence-electron chi connectivity index (χ1n) is 5.51. The lowest BCUT2D eigenvalue weighted by atomic mass is 10.2. The molecule has 1 aromatic heterocycles. The molecule has 88 valence electrons. The number of hydrogen-bond acceptors (Lipinski definition) is 3. The van der Waals surface area contributed by atoms with Crippen molar-refractivity contribution >= 4 is 17.2 Å². The molecular formula is C14H10N2O2. The van der Waals surface area contributed by atoms with Crippen molar-refractivity contribution in [3.8, 4) is 11.4 Å². The average Bonchev–Trinajstić information content (AvgIpc) is 2.84. The molecule has 0 radical (unpaired) electrons. The summed E-state index contributed by atoms with van der Waals surface area (Å²) in [5.74, 6) is 0.168. The van der Waals surface area contributed by atoms with E-state index in [-0.39, 0.29) is 5.75 Å². The molecule has 0 aliphatic rings. The Morgan fingerprint density at radius 3 is 2.83 bits per heavy atom. The number of carbonyl (C=O) groups is 1. The van der Waals surface area contributed by atoms with Crippen LogP contribution in [0.2, 0.25) is 0 Å². The lowest BCUT2D eigenvalue weighted by molar-refractivity contribution is 0.112. The molecule has 18 heavy (non-hydrogen) atoms. The smallest absolute Gasteiger partial charge is 0.150 e. The quantitative estimate of drug-likeness (QED) is 0.698. The Balaban J connectivity index is 2.28. The van der Waals surface area contributed by atoms with Crippen molar-refractivity contribution in [2.24, 2.45) is 0 Å². The zero-order chi connectivity index (χ0) is 12.5. The van der Waals surface area contributed by atoms with Crippen molar-refractivity contribution < 1.29 is 9.90 Å². The fourth-order valence-corrected chi connectivity index (χ4v) is 1.99. The highest BCUT2D eigenvalue weighted by Gasteiger charge is 2.08. The van der Waals surface area contributed by atoms with E-state index in [0.29, 0.717) is 11.1 Å². The Kier molecular flexibility index (Phi) is 2.34. The average molecular weight is 238 g/mol. The van der Waals surface area contributed by atoms with Gasteiger partial charge in [0.25, 0.3) is 0 Å². The maximum absolute atomic E-state index is 10.8. The highest BCUT2D eigenvalue weighted by molar-refractivity contribution is 5.86. The molecule has 1 heterocycles. The Bertz CT molecular complexity index is 731. The molecule has 1 N–H and O–H groups in total. The van der Waals surface area contributed by atoms with Crippen molar-refractivity contribution in [3.05, 3.63) is 54.2 Å². The Morgan fingerprint density at radius 1 is 1.17 bits per heavy atom. The van der Waals surface area contributed by atoms with Gasteiger partial charge in [-0.3, -0.25) is 4.79 Å². The monoisotopic (exact) mass is 238 g/mol. The molecule has 0 atom stereocenters. The number of phenols is 1. The van der Waals surface area contributed by atoms with Gasteiger partial charge in [0.1, 0.15) is 17.6 Å². The summed E-state index contributed by atoms with van der Waals surface area (Å²) in [6.07, 6.45) is 2.47. The van der Waals surface area contributed by atoms with E-state index in [2.05, 4.69) is 5.10 Å². The number of fused-ring (bicyclic) bond motifs is 1. The summed E-state index contributed by atoms with van der Waals surface area (Å²) < 4.78 is 1.62.